The number of nitrogens with two attached hydrogens (primary N) is 1. The lowest BCUT2D eigenvalue weighted by Gasteiger charge is -2.17. The highest BCUT2D eigenvalue weighted by Crippen LogP contribution is 2.32. The predicted octanol–water partition coefficient (Wildman–Crippen LogP) is 1.93. The molecule has 7 heteroatoms. The Morgan fingerprint density at radius 1 is 1.43 bits per heavy atom. The summed E-state index contributed by atoms with van der Waals surface area (Å²) in [4.78, 5) is 29.9. The number of rotatable bonds is 2. The Kier molecular flexibility index (Phi) is 3.13. The van der Waals surface area contributed by atoms with Gasteiger partial charge in [0.15, 0.2) is 5.13 Å². The second-order valence-corrected chi connectivity index (χ2v) is 5.85. The SMILES string of the molecule is Cc1nc(N)sc1C(=O)N1CCc2ccc(C(=O)O)cc21. The van der Waals surface area contributed by atoms with E-state index in [9.17, 15) is 9.59 Å². The first-order valence-corrected chi connectivity index (χ1v) is 7.20. The van der Waals surface area contributed by atoms with Crippen molar-refractivity contribution in [3.8, 4) is 0 Å². The van der Waals surface area contributed by atoms with Gasteiger partial charge in [0.1, 0.15) is 4.88 Å². The minimum Gasteiger partial charge on any atom is -0.478 e. The Morgan fingerprint density at radius 3 is 2.81 bits per heavy atom. The molecule has 108 valence electrons. The van der Waals surface area contributed by atoms with E-state index >= 15 is 0 Å². The number of benzene rings is 1. The van der Waals surface area contributed by atoms with E-state index in [2.05, 4.69) is 4.98 Å². The molecule has 3 N–H and O–H groups in total. The maximum atomic E-state index is 12.6. The fourth-order valence-electron chi connectivity index (χ4n) is 2.46. The van der Waals surface area contributed by atoms with E-state index in [1.54, 1.807) is 30.0 Å². The van der Waals surface area contributed by atoms with Crippen molar-refractivity contribution in [3.05, 3.63) is 39.9 Å². The van der Waals surface area contributed by atoms with Crippen LogP contribution >= 0.6 is 11.3 Å². The molecule has 0 aliphatic carbocycles. The summed E-state index contributed by atoms with van der Waals surface area (Å²) in [6.45, 7) is 2.28. The van der Waals surface area contributed by atoms with Crippen molar-refractivity contribution >= 4 is 34.0 Å². The summed E-state index contributed by atoms with van der Waals surface area (Å²) < 4.78 is 0. The Balaban J connectivity index is 2.00. The fraction of sp³-hybridized carbons (Fsp3) is 0.214. The van der Waals surface area contributed by atoms with Gasteiger partial charge < -0.3 is 15.7 Å². The van der Waals surface area contributed by atoms with E-state index in [-0.39, 0.29) is 11.5 Å². The fourth-order valence-corrected chi connectivity index (χ4v) is 3.24. The molecule has 21 heavy (non-hydrogen) atoms. The number of aromatic carboxylic acids is 1. The maximum Gasteiger partial charge on any atom is 0.335 e. The zero-order valence-electron chi connectivity index (χ0n) is 11.3. The van der Waals surface area contributed by atoms with Crippen LogP contribution in [-0.2, 0) is 6.42 Å². The van der Waals surface area contributed by atoms with Gasteiger partial charge in [-0.2, -0.15) is 0 Å². The summed E-state index contributed by atoms with van der Waals surface area (Å²) in [5.74, 6) is -1.18. The molecule has 0 atom stereocenters. The van der Waals surface area contributed by atoms with Gasteiger partial charge in [-0.3, -0.25) is 4.79 Å². The minimum absolute atomic E-state index is 0.175. The third-order valence-electron chi connectivity index (χ3n) is 3.48. The van der Waals surface area contributed by atoms with Crippen LogP contribution in [-0.4, -0.2) is 28.5 Å². The summed E-state index contributed by atoms with van der Waals surface area (Å²) >= 11 is 1.15. The number of carboxylic acid groups (broad SMARTS) is 1. The van der Waals surface area contributed by atoms with E-state index in [1.807, 2.05) is 0 Å². The molecule has 3 rings (SSSR count). The van der Waals surface area contributed by atoms with Crippen LogP contribution < -0.4 is 10.6 Å². The zero-order valence-corrected chi connectivity index (χ0v) is 12.1. The third kappa shape index (κ3) is 2.25. The standard InChI is InChI=1S/C14H13N3O3S/c1-7-11(21-14(15)16-7)12(18)17-5-4-8-2-3-9(13(19)20)6-10(8)17/h2-3,6H,4-5H2,1H3,(H2,15,16)(H,19,20). The minimum atomic E-state index is -1.00. The summed E-state index contributed by atoms with van der Waals surface area (Å²) in [5, 5.41) is 9.43. The number of hydrogen-bond donors (Lipinski definition) is 2. The summed E-state index contributed by atoms with van der Waals surface area (Å²) in [6, 6.07) is 4.87. The number of carbonyl (C=O) groups excluding carboxylic acids is 1. The molecule has 1 aliphatic heterocycles. The van der Waals surface area contributed by atoms with Crippen LogP contribution in [0.2, 0.25) is 0 Å². The molecule has 6 nitrogen and oxygen atoms in total. The average Bonchev–Trinajstić information content (AvgIpc) is 3.00. The van der Waals surface area contributed by atoms with Gasteiger partial charge in [-0.05, 0) is 31.0 Å². The highest BCUT2D eigenvalue weighted by Gasteiger charge is 2.28. The molecule has 0 fully saturated rings. The number of hydrogen-bond acceptors (Lipinski definition) is 5. The van der Waals surface area contributed by atoms with Crippen molar-refractivity contribution < 1.29 is 14.7 Å². The second-order valence-electron chi connectivity index (χ2n) is 4.82. The Hall–Kier alpha value is -2.41. The lowest BCUT2D eigenvalue weighted by molar-refractivity contribution is 0.0696. The highest BCUT2D eigenvalue weighted by atomic mass is 32.1. The quantitative estimate of drug-likeness (QED) is 0.883. The number of thiazole rings is 1. The number of carbonyl (C=O) groups is 2. The summed E-state index contributed by atoms with van der Waals surface area (Å²) in [7, 11) is 0. The predicted molar refractivity (Wildman–Crippen MR) is 80.0 cm³/mol. The lowest BCUT2D eigenvalue weighted by atomic mass is 10.1. The molecule has 0 saturated carbocycles. The summed E-state index contributed by atoms with van der Waals surface area (Å²) in [6.07, 6.45) is 0.717. The van der Waals surface area contributed by atoms with Gasteiger partial charge in [0.05, 0.1) is 11.3 Å². The van der Waals surface area contributed by atoms with Crippen molar-refractivity contribution in [2.75, 3.05) is 17.2 Å². The van der Waals surface area contributed by atoms with E-state index in [0.717, 1.165) is 16.9 Å². The van der Waals surface area contributed by atoms with Gasteiger partial charge in [-0.1, -0.05) is 17.4 Å². The number of aryl methyl sites for hydroxylation is 1. The molecular formula is C14H13N3O3S. The van der Waals surface area contributed by atoms with Gasteiger partial charge in [-0.15, -0.1) is 0 Å². The van der Waals surface area contributed by atoms with Gasteiger partial charge in [0, 0.05) is 12.2 Å². The van der Waals surface area contributed by atoms with Crippen LogP contribution in [0.25, 0.3) is 0 Å². The lowest BCUT2D eigenvalue weighted by Crippen LogP contribution is -2.28. The second kappa shape index (κ2) is 4.85. The van der Waals surface area contributed by atoms with Gasteiger partial charge >= 0.3 is 5.97 Å². The Bertz CT molecular complexity index is 754. The number of carboxylic acids is 1. The topological polar surface area (TPSA) is 96.5 Å². The first-order valence-electron chi connectivity index (χ1n) is 6.38. The van der Waals surface area contributed by atoms with Crippen LogP contribution in [0.3, 0.4) is 0 Å². The number of nitrogen functional groups attached to an aromatic ring is 1. The molecule has 1 amide bonds. The Morgan fingerprint density at radius 2 is 2.19 bits per heavy atom. The van der Waals surface area contributed by atoms with Crippen LogP contribution in [0, 0.1) is 6.92 Å². The molecule has 2 aromatic rings. The molecule has 0 spiro atoms. The van der Waals surface area contributed by atoms with E-state index < -0.39 is 5.97 Å². The molecule has 0 unspecified atom stereocenters. The average molecular weight is 303 g/mol. The van der Waals surface area contributed by atoms with Crippen molar-refractivity contribution in [3.63, 3.8) is 0 Å². The number of nitrogens with zero attached hydrogens (tertiary/aromatic N) is 2. The molecule has 1 aromatic carbocycles. The van der Waals surface area contributed by atoms with Gasteiger partial charge in [0.2, 0.25) is 0 Å². The molecule has 1 aromatic heterocycles. The number of fused-ring (bicyclic) bond motifs is 1. The third-order valence-corrected chi connectivity index (χ3v) is 4.45. The normalized spacial score (nSPS) is 13.3. The van der Waals surface area contributed by atoms with Gasteiger partial charge in [0.25, 0.3) is 5.91 Å². The number of amides is 1. The monoisotopic (exact) mass is 303 g/mol. The number of aromatic nitrogens is 1. The van der Waals surface area contributed by atoms with Crippen LogP contribution in [0.5, 0.6) is 0 Å². The highest BCUT2D eigenvalue weighted by molar-refractivity contribution is 7.17. The van der Waals surface area contributed by atoms with Crippen molar-refractivity contribution in [1.29, 1.82) is 0 Å². The van der Waals surface area contributed by atoms with Crippen molar-refractivity contribution in [2.45, 2.75) is 13.3 Å². The number of anilines is 2. The van der Waals surface area contributed by atoms with E-state index in [0.29, 0.717) is 34.4 Å². The molecule has 1 aliphatic rings. The maximum absolute atomic E-state index is 12.6. The molecule has 2 heterocycles. The molecule has 0 bridgehead atoms. The van der Waals surface area contributed by atoms with Crippen molar-refractivity contribution in [2.24, 2.45) is 0 Å². The van der Waals surface area contributed by atoms with E-state index in [1.165, 1.54) is 0 Å². The largest absolute Gasteiger partial charge is 0.478 e. The first kappa shape index (κ1) is 13.6. The van der Waals surface area contributed by atoms with Crippen LogP contribution in [0.15, 0.2) is 18.2 Å². The van der Waals surface area contributed by atoms with Crippen molar-refractivity contribution in [1.82, 2.24) is 4.98 Å². The first-order chi connectivity index (χ1) is 9.97. The van der Waals surface area contributed by atoms with Crippen LogP contribution in [0.4, 0.5) is 10.8 Å². The smallest absolute Gasteiger partial charge is 0.335 e. The van der Waals surface area contributed by atoms with Gasteiger partial charge in [-0.25, -0.2) is 9.78 Å². The summed E-state index contributed by atoms with van der Waals surface area (Å²) in [5.41, 5.74) is 8.04. The molecule has 0 radical (unpaired) electrons. The zero-order chi connectivity index (χ0) is 15.1. The van der Waals surface area contributed by atoms with Crippen LogP contribution in [0.1, 0.15) is 31.3 Å². The van der Waals surface area contributed by atoms with E-state index in [4.69, 9.17) is 10.8 Å². The molecule has 0 saturated heterocycles. The molecular weight excluding hydrogens is 290 g/mol. The Labute approximate surface area is 124 Å².